The molecule has 1 aliphatic heterocycles. The van der Waals surface area contributed by atoms with E-state index >= 15 is 0 Å². The van der Waals surface area contributed by atoms with E-state index in [1.165, 1.54) is 25.7 Å². The van der Waals surface area contributed by atoms with Crippen LogP contribution in [-0.4, -0.2) is 18.2 Å². The Morgan fingerprint density at radius 1 is 1.20 bits per heavy atom. The van der Waals surface area contributed by atoms with Crippen LogP contribution < -0.4 is 5.32 Å². The Balaban J connectivity index is 1.73. The first-order valence-electron chi connectivity index (χ1n) is 7.14. The summed E-state index contributed by atoms with van der Waals surface area (Å²) in [7, 11) is 0. The molecule has 0 amide bonds. The molecule has 1 atom stereocenters. The van der Waals surface area contributed by atoms with Crippen molar-refractivity contribution in [3.8, 4) is 0 Å². The van der Waals surface area contributed by atoms with Gasteiger partial charge < -0.3 is 10.1 Å². The van der Waals surface area contributed by atoms with E-state index in [1.54, 1.807) is 0 Å². The molecule has 1 aliphatic carbocycles. The molecule has 1 unspecified atom stereocenters. The maximum Gasteiger partial charge on any atom is 0.0835 e. The third-order valence-corrected chi connectivity index (χ3v) is 6.17. The van der Waals surface area contributed by atoms with Crippen LogP contribution in [-0.2, 0) is 4.74 Å². The summed E-state index contributed by atoms with van der Waals surface area (Å²) in [5, 5.41) is 4.71. The molecule has 5 heteroatoms. The van der Waals surface area contributed by atoms with E-state index in [-0.39, 0.29) is 5.60 Å². The van der Waals surface area contributed by atoms with Crippen molar-refractivity contribution >= 4 is 44.8 Å². The van der Waals surface area contributed by atoms with E-state index < -0.39 is 0 Å². The molecule has 3 rings (SSSR count). The largest absolute Gasteiger partial charge is 0.381 e. The van der Waals surface area contributed by atoms with Gasteiger partial charge in [0.2, 0.25) is 0 Å². The number of hydrogen-bond donors (Lipinski definition) is 1. The summed E-state index contributed by atoms with van der Waals surface area (Å²) >= 11 is 15.9. The molecule has 1 spiro atoms. The van der Waals surface area contributed by atoms with Crippen molar-refractivity contribution in [1.29, 1.82) is 0 Å². The molecule has 1 N–H and O–H groups in total. The summed E-state index contributed by atoms with van der Waals surface area (Å²) in [6.45, 7) is 0.833. The van der Waals surface area contributed by atoms with Crippen molar-refractivity contribution in [3.05, 3.63) is 26.7 Å². The van der Waals surface area contributed by atoms with Gasteiger partial charge in [-0.1, -0.05) is 36.0 Å². The van der Waals surface area contributed by atoms with Crippen molar-refractivity contribution in [3.63, 3.8) is 0 Å². The molecule has 1 heterocycles. The summed E-state index contributed by atoms with van der Waals surface area (Å²) < 4.78 is 6.89. The summed E-state index contributed by atoms with van der Waals surface area (Å²) in [6.07, 6.45) is 7.05. The van der Waals surface area contributed by atoms with Gasteiger partial charge >= 0.3 is 0 Å². The highest BCUT2D eigenvalue weighted by molar-refractivity contribution is 9.10. The first kappa shape index (κ1) is 15.0. The number of benzene rings is 1. The monoisotopic (exact) mass is 377 g/mol. The van der Waals surface area contributed by atoms with Gasteiger partial charge in [0.05, 0.1) is 21.3 Å². The smallest absolute Gasteiger partial charge is 0.0835 e. The zero-order chi connectivity index (χ0) is 14.2. The number of anilines is 1. The molecular formula is C15H18BrCl2NO. The predicted molar refractivity (Wildman–Crippen MR) is 88.0 cm³/mol. The third kappa shape index (κ3) is 2.96. The van der Waals surface area contributed by atoms with Crippen LogP contribution in [0.4, 0.5) is 5.69 Å². The van der Waals surface area contributed by atoms with E-state index in [0.29, 0.717) is 16.1 Å². The SMILES string of the molecule is Clc1c(Br)ccc(NC2CCOC3(CCCC3)C2)c1Cl. The standard InChI is InChI=1S/C15H18BrCl2NO/c16-11-3-4-12(14(18)13(11)17)19-10-5-8-20-15(9-10)6-1-2-7-15/h3-4,10,19H,1-2,5-9H2. The number of nitrogens with one attached hydrogen (secondary N) is 1. The highest BCUT2D eigenvalue weighted by atomic mass is 79.9. The van der Waals surface area contributed by atoms with E-state index in [4.69, 9.17) is 27.9 Å². The number of halogens is 3. The van der Waals surface area contributed by atoms with Crippen LogP contribution in [0.5, 0.6) is 0 Å². The number of rotatable bonds is 2. The van der Waals surface area contributed by atoms with Gasteiger partial charge in [0.15, 0.2) is 0 Å². The molecule has 1 saturated carbocycles. The lowest BCUT2D eigenvalue weighted by Crippen LogP contribution is -2.42. The quantitative estimate of drug-likeness (QED) is 0.670. The second-order valence-electron chi connectivity index (χ2n) is 5.80. The first-order chi connectivity index (χ1) is 9.60. The minimum atomic E-state index is 0.113. The summed E-state index contributed by atoms with van der Waals surface area (Å²) in [5.41, 5.74) is 1.03. The van der Waals surface area contributed by atoms with Crippen LogP contribution in [0.25, 0.3) is 0 Å². The number of hydrogen-bond acceptors (Lipinski definition) is 2. The molecule has 0 aromatic heterocycles. The molecule has 1 aromatic carbocycles. The fourth-order valence-corrected chi connectivity index (χ4v) is 4.20. The molecule has 1 saturated heterocycles. The zero-order valence-electron chi connectivity index (χ0n) is 11.2. The predicted octanol–water partition coefficient (Wildman–Crippen LogP) is 5.66. The van der Waals surface area contributed by atoms with Crippen LogP contribution in [0.3, 0.4) is 0 Å². The Bertz CT molecular complexity index is 503. The second kappa shape index (κ2) is 6.04. The summed E-state index contributed by atoms with van der Waals surface area (Å²) in [6, 6.07) is 4.33. The Kier molecular flexibility index (Phi) is 4.51. The Morgan fingerprint density at radius 2 is 1.95 bits per heavy atom. The third-order valence-electron chi connectivity index (χ3n) is 4.40. The molecule has 1 aromatic rings. The van der Waals surface area contributed by atoms with Gasteiger partial charge in [-0.25, -0.2) is 0 Å². The van der Waals surface area contributed by atoms with Crippen LogP contribution >= 0.6 is 39.1 Å². The highest BCUT2D eigenvalue weighted by Crippen LogP contribution is 2.42. The molecule has 2 aliphatic rings. The zero-order valence-corrected chi connectivity index (χ0v) is 14.3. The normalized spacial score (nSPS) is 25.1. The van der Waals surface area contributed by atoms with Gasteiger partial charge in [-0.15, -0.1) is 0 Å². The highest BCUT2D eigenvalue weighted by Gasteiger charge is 2.39. The lowest BCUT2D eigenvalue weighted by Gasteiger charge is -2.39. The fourth-order valence-electron chi connectivity index (χ4n) is 3.38. The van der Waals surface area contributed by atoms with E-state index in [2.05, 4.69) is 21.2 Å². The van der Waals surface area contributed by atoms with Crippen molar-refractivity contribution in [1.82, 2.24) is 0 Å². The maximum atomic E-state index is 6.31. The molecule has 2 fully saturated rings. The van der Waals surface area contributed by atoms with Crippen LogP contribution in [0.2, 0.25) is 10.0 Å². The van der Waals surface area contributed by atoms with E-state index in [0.717, 1.165) is 29.6 Å². The minimum absolute atomic E-state index is 0.113. The molecule has 110 valence electrons. The van der Waals surface area contributed by atoms with Gasteiger partial charge in [-0.2, -0.15) is 0 Å². The minimum Gasteiger partial charge on any atom is -0.381 e. The van der Waals surface area contributed by atoms with E-state index in [1.807, 2.05) is 12.1 Å². The fraction of sp³-hybridized carbons (Fsp3) is 0.600. The molecular weight excluding hydrogens is 361 g/mol. The van der Waals surface area contributed by atoms with Crippen molar-refractivity contribution in [2.24, 2.45) is 0 Å². The number of ether oxygens (including phenoxy) is 1. The molecule has 0 bridgehead atoms. The van der Waals surface area contributed by atoms with Crippen molar-refractivity contribution in [2.45, 2.75) is 50.2 Å². The lowest BCUT2D eigenvalue weighted by molar-refractivity contribution is -0.0767. The molecule has 2 nitrogen and oxygen atoms in total. The van der Waals surface area contributed by atoms with Crippen LogP contribution in [0.1, 0.15) is 38.5 Å². The topological polar surface area (TPSA) is 21.3 Å². The van der Waals surface area contributed by atoms with E-state index in [9.17, 15) is 0 Å². The second-order valence-corrected chi connectivity index (χ2v) is 7.41. The summed E-state index contributed by atoms with van der Waals surface area (Å²) in [5.74, 6) is 0. The molecule has 0 radical (unpaired) electrons. The average Bonchev–Trinajstić information content (AvgIpc) is 2.88. The van der Waals surface area contributed by atoms with Crippen molar-refractivity contribution in [2.75, 3.05) is 11.9 Å². The maximum absolute atomic E-state index is 6.31. The Hall–Kier alpha value is 0.0400. The average molecular weight is 379 g/mol. The van der Waals surface area contributed by atoms with Gasteiger partial charge in [-0.05, 0) is 53.7 Å². The molecule has 20 heavy (non-hydrogen) atoms. The first-order valence-corrected chi connectivity index (χ1v) is 8.69. The van der Waals surface area contributed by atoms with Gasteiger partial charge in [0.25, 0.3) is 0 Å². The summed E-state index contributed by atoms with van der Waals surface area (Å²) in [4.78, 5) is 0. The van der Waals surface area contributed by atoms with Gasteiger partial charge in [0, 0.05) is 17.1 Å². The Labute approximate surface area is 138 Å². The Morgan fingerprint density at radius 3 is 2.70 bits per heavy atom. The van der Waals surface area contributed by atoms with Gasteiger partial charge in [-0.3, -0.25) is 0 Å². The lowest BCUT2D eigenvalue weighted by atomic mass is 9.89. The van der Waals surface area contributed by atoms with Crippen LogP contribution in [0.15, 0.2) is 16.6 Å². The van der Waals surface area contributed by atoms with Crippen molar-refractivity contribution < 1.29 is 4.74 Å². The van der Waals surface area contributed by atoms with Gasteiger partial charge in [0.1, 0.15) is 0 Å². The van der Waals surface area contributed by atoms with Crippen LogP contribution in [0, 0.1) is 0 Å².